The standard InChI is InChI=1S/C18H28N2O3/c1-13-6-14(2)9-19(8-13)10-15-7-17(21)18(22)12-20(15)11-16-4-3-5-23-16/h7,12-14,16,22H,3-6,8-11H2,1-2H3. The zero-order valence-electron chi connectivity index (χ0n) is 14.2. The number of ether oxygens (including phenoxy) is 1. The molecule has 0 spiro atoms. The minimum atomic E-state index is -0.290. The normalized spacial score (nSPS) is 29.0. The summed E-state index contributed by atoms with van der Waals surface area (Å²) in [4.78, 5) is 14.3. The monoisotopic (exact) mass is 320 g/mol. The Balaban J connectivity index is 1.78. The molecule has 0 aliphatic carbocycles. The Bertz CT molecular complexity index is 582. The molecule has 2 aliphatic rings. The molecular formula is C18H28N2O3. The van der Waals surface area contributed by atoms with E-state index in [1.54, 1.807) is 12.3 Å². The number of hydrogen-bond donors (Lipinski definition) is 1. The Morgan fingerprint density at radius 2 is 2.04 bits per heavy atom. The predicted molar refractivity (Wildman–Crippen MR) is 89.6 cm³/mol. The van der Waals surface area contributed by atoms with Gasteiger partial charge in [0, 0.05) is 44.5 Å². The molecule has 23 heavy (non-hydrogen) atoms. The molecule has 3 rings (SSSR count). The van der Waals surface area contributed by atoms with E-state index >= 15 is 0 Å². The minimum absolute atomic E-state index is 0.174. The maximum absolute atomic E-state index is 11.9. The highest BCUT2D eigenvalue weighted by Crippen LogP contribution is 2.23. The van der Waals surface area contributed by atoms with Crippen LogP contribution in [-0.4, -0.2) is 40.4 Å². The number of hydrogen-bond acceptors (Lipinski definition) is 4. The topological polar surface area (TPSA) is 54.7 Å². The molecule has 0 radical (unpaired) electrons. The second kappa shape index (κ2) is 7.05. The zero-order valence-corrected chi connectivity index (χ0v) is 14.2. The quantitative estimate of drug-likeness (QED) is 0.924. The van der Waals surface area contributed by atoms with Crippen molar-refractivity contribution in [1.29, 1.82) is 0 Å². The molecule has 1 aromatic rings. The van der Waals surface area contributed by atoms with Gasteiger partial charge in [-0.2, -0.15) is 0 Å². The molecule has 0 aromatic carbocycles. The van der Waals surface area contributed by atoms with Crippen LogP contribution in [0, 0.1) is 11.8 Å². The summed E-state index contributed by atoms with van der Waals surface area (Å²) in [6.45, 7) is 9.00. The Hall–Kier alpha value is -1.33. The Morgan fingerprint density at radius 3 is 2.70 bits per heavy atom. The van der Waals surface area contributed by atoms with Gasteiger partial charge in [-0.15, -0.1) is 0 Å². The first kappa shape index (κ1) is 16.5. The maximum atomic E-state index is 11.9. The molecule has 128 valence electrons. The summed E-state index contributed by atoms with van der Waals surface area (Å²) in [7, 11) is 0. The summed E-state index contributed by atoms with van der Waals surface area (Å²) in [6.07, 6.45) is 5.18. The fraction of sp³-hybridized carbons (Fsp3) is 0.722. The second-order valence-electron chi connectivity index (χ2n) is 7.44. The summed E-state index contributed by atoms with van der Waals surface area (Å²) in [5.41, 5.74) is 0.686. The molecule has 3 unspecified atom stereocenters. The van der Waals surface area contributed by atoms with Crippen LogP contribution in [0.4, 0.5) is 0 Å². The fourth-order valence-corrected chi connectivity index (χ4v) is 4.07. The van der Waals surface area contributed by atoms with Crippen LogP contribution in [0.3, 0.4) is 0 Å². The lowest BCUT2D eigenvalue weighted by Crippen LogP contribution is -2.39. The van der Waals surface area contributed by atoms with E-state index in [4.69, 9.17) is 4.74 Å². The number of likely N-dealkylation sites (tertiary alicyclic amines) is 1. The van der Waals surface area contributed by atoms with E-state index in [2.05, 4.69) is 18.7 Å². The first-order chi connectivity index (χ1) is 11.0. The predicted octanol–water partition coefficient (Wildman–Crippen LogP) is 2.21. The molecule has 1 aromatic heterocycles. The van der Waals surface area contributed by atoms with Crippen molar-refractivity contribution in [3.63, 3.8) is 0 Å². The lowest BCUT2D eigenvalue weighted by atomic mass is 9.92. The molecule has 3 heterocycles. The molecule has 2 saturated heterocycles. The molecule has 2 aliphatic heterocycles. The van der Waals surface area contributed by atoms with Gasteiger partial charge in [-0.05, 0) is 31.1 Å². The second-order valence-corrected chi connectivity index (χ2v) is 7.44. The average Bonchev–Trinajstić information content (AvgIpc) is 2.96. The Kier molecular flexibility index (Phi) is 5.07. The lowest BCUT2D eigenvalue weighted by molar-refractivity contribution is 0.0930. The highest BCUT2D eigenvalue weighted by atomic mass is 16.5. The minimum Gasteiger partial charge on any atom is -0.503 e. The van der Waals surface area contributed by atoms with Gasteiger partial charge < -0.3 is 14.4 Å². The third kappa shape index (κ3) is 4.15. The molecule has 1 N–H and O–H groups in total. The van der Waals surface area contributed by atoms with Crippen molar-refractivity contribution in [2.24, 2.45) is 11.8 Å². The molecule has 5 heteroatoms. The highest BCUT2D eigenvalue weighted by molar-refractivity contribution is 5.20. The third-order valence-electron chi connectivity index (χ3n) is 4.95. The van der Waals surface area contributed by atoms with E-state index < -0.39 is 0 Å². The number of aromatic nitrogens is 1. The van der Waals surface area contributed by atoms with Gasteiger partial charge >= 0.3 is 0 Å². The fourth-order valence-electron chi connectivity index (χ4n) is 4.07. The van der Waals surface area contributed by atoms with Gasteiger partial charge in [0.05, 0.1) is 12.3 Å². The lowest BCUT2D eigenvalue weighted by Gasteiger charge is -2.35. The Morgan fingerprint density at radius 1 is 1.30 bits per heavy atom. The molecule has 0 bridgehead atoms. The van der Waals surface area contributed by atoms with Gasteiger partial charge in [0.25, 0.3) is 0 Å². The van der Waals surface area contributed by atoms with E-state index in [9.17, 15) is 9.90 Å². The Labute approximate surface area is 137 Å². The van der Waals surface area contributed by atoms with Gasteiger partial charge in [-0.3, -0.25) is 9.69 Å². The zero-order chi connectivity index (χ0) is 16.4. The van der Waals surface area contributed by atoms with Crippen molar-refractivity contribution in [1.82, 2.24) is 9.47 Å². The SMILES string of the molecule is CC1CC(C)CN(Cc2cc(=O)c(O)cn2CC2CCCO2)C1. The van der Waals surface area contributed by atoms with E-state index in [0.29, 0.717) is 18.4 Å². The average molecular weight is 320 g/mol. The highest BCUT2D eigenvalue weighted by Gasteiger charge is 2.23. The summed E-state index contributed by atoms with van der Waals surface area (Å²) >= 11 is 0. The van der Waals surface area contributed by atoms with E-state index in [1.165, 1.54) is 6.42 Å². The molecule has 5 nitrogen and oxygen atoms in total. The van der Waals surface area contributed by atoms with Gasteiger partial charge in [0.1, 0.15) is 0 Å². The summed E-state index contributed by atoms with van der Waals surface area (Å²) in [6, 6.07) is 1.59. The van der Waals surface area contributed by atoms with Gasteiger partial charge in [-0.1, -0.05) is 13.8 Å². The van der Waals surface area contributed by atoms with Crippen LogP contribution in [0.1, 0.15) is 38.8 Å². The van der Waals surface area contributed by atoms with Crippen molar-refractivity contribution in [3.8, 4) is 5.75 Å². The number of nitrogens with zero attached hydrogens (tertiary/aromatic N) is 2. The molecule has 0 saturated carbocycles. The number of piperidine rings is 1. The summed E-state index contributed by atoms with van der Waals surface area (Å²) in [5, 5.41) is 9.80. The first-order valence-corrected chi connectivity index (χ1v) is 8.77. The molecular weight excluding hydrogens is 292 g/mol. The van der Waals surface area contributed by atoms with Gasteiger partial charge in [0.2, 0.25) is 5.43 Å². The number of aromatic hydroxyl groups is 1. The van der Waals surface area contributed by atoms with Crippen LogP contribution in [0.5, 0.6) is 5.75 Å². The van der Waals surface area contributed by atoms with Crippen molar-refractivity contribution < 1.29 is 9.84 Å². The summed E-state index contributed by atoms with van der Waals surface area (Å²) < 4.78 is 7.72. The van der Waals surface area contributed by atoms with Crippen LogP contribution in [-0.2, 0) is 17.8 Å². The van der Waals surface area contributed by atoms with Crippen molar-refractivity contribution in [3.05, 3.63) is 28.2 Å². The van der Waals surface area contributed by atoms with Crippen LogP contribution in [0.25, 0.3) is 0 Å². The van der Waals surface area contributed by atoms with E-state index in [1.807, 2.05) is 4.57 Å². The van der Waals surface area contributed by atoms with E-state index in [0.717, 1.165) is 44.8 Å². The molecule has 3 atom stereocenters. The number of pyridine rings is 1. The maximum Gasteiger partial charge on any atom is 0.223 e. The first-order valence-electron chi connectivity index (χ1n) is 8.77. The van der Waals surface area contributed by atoms with Crippen LogP contribution < -0.4 is 5.43 Å². The number of rotatable bonds is 4. The summed E-state index contributed by atoms with van der Waals surface area (Å²) in [5.74, 6) is 1.20. The van der Waals surface area contributed by atoms with Crippen molar-refractivity contribution in [2.75, 3.05) is 19.7 Å². The third-order valence-corrected chi connectivity index (χ3v) is 4.95. The largest absolute Gasteiger partial charge is 0.503 e. The van der Waals surface area contributed by atoms with E-state index in [-0.39, 0.29) is 17.3 Å². The van der Waals surface area contributed by atoms with Crippen LogP contribution in [0.2, 0.25) is 0 Å². The molecule has 2 fully saturated rings. The van der Waals surface area contributed by atoms with Crippen molar-refractivity contribution >= 4 is 0 Å². The van der Waals surface area contributed by atoms with Crippen LogP contribution >= 0.6 is 0 Å². The van der Waals surface area contributed by atoms with Gasteiger partial charge in [-0.25, -0.2) is 0 Å². The smallest absolute Gasteiger partial charge is 0.223 e. The van der Waals surface area contributed by atoms with Gasteiger partial charge in [0.15, 0.2) is 5.75 Å². The van der Waals surface area contributed by atoms with Crippen molar-refractivity contribution in [2.45, 2.75) is 52.3 Å². The molecule has 0 amide bonds. The van der Waals surface area contributed by atoms with Crippen LogP contribution in [0.15, 0.2) is 17.1 Å².